The third kappa shape index (κ3) is 5.94. The Kier molecular flexibility index (Phi) is 7.15. The number of hydrogen-bond acceptors (Lipinski definition) is 3. The Balaban J connectivity index is 1.31. The maximum Gasteiger partial charge on any atom is 0.185 e. The quantitative estimate of drug-likeness (QED) is 0.228. The fraction of sp³-hybridized carbons (Fsp3) is 0.115. The van der Waals surface area contributed by atoms with Gasteiger partial charge in [0.05, 0.1) is 22.3 Å². The van der Waals surface area contributed by atoms with Crippen LogP contribution in [0.3, 0.4) is 0 Å². The maximum atomic E-state index is 12.4. The van der Waals surface area contributed by atoms with Crippen molar-refractivity contribution in [3.8, 4) is 0 Å². The first kappa shape index (κ1) is 22.0. The Morgan fingerprint density at radius 2 is 1.62 bits per heavy atom. The lowest BCUT2D eigenvalue weighted by Crippen LogP contribution is -2.00. The van der Waals surface area contributed by atoms with E-state index in [1.54, 1.807) is 16.8 Å². The molecule has 0 aliphatic heterocycles. The van der Waals surface area contributed by atoms with Crippen LogP contribution in [0.15, 0.2) is 85.1 Å². The van der Waals surface area contributed by atoms with Crippen LogP contribution < -0.4 is 0 Å². The average Bonchev–Trinajstić information content (AvgIpc) is 3.27. The number of aryl methyl sites for hydroxylation is 2. The molecule has 0 aliphatic carbocycles. The molecule has 0 bridgehead atoms. The van der Waals surface area contributed by atoms with Crippen molar-refractivity contribution < 1.29 is 4.79 Å². The lowest BCUT2D eigenvalue weighted by molar-refractivity contribution is 0.104. The molecule has 4 rings (SSSR count). The SMILES string of the molecule is O=C(/C=C/c1ccccc1)c1ccc(CCc2cn(Cc3ccc(Cl)c(Cl)c3)nn2)cc1. The summed E-state index contributed by atoms with van der Waals surface area (Å²) in [6.45, 7) is 0.581. The van der Waals surface area contributed by atoms with Crippen molar-refractivity contribution in [1.29, 1.82) is 0 Å². The highest BCUT2D eigenvalue weighted by molar-refractivity contribution is 6.42. The van der Waals surface area contributed by atoms with Crippen molar-refractivity contribution in [2.24, 2.45) is 0 Å². The summed E-state index contributed by atoms with van der Waals surface area (Å²) in [5.41, 5.74) is 4.75. The number of carbonyl (C=O) groups is 1. The lowest BCUT2D eigenvalue weighted by atomic mass is 10.0. The van der Waals surface area contributed by atoms with E-state index in [4.69, 9.17) is 23.2 Å². The molecule has 0 amide bonds. The Morgan fingerprint density at radius 1 is 0.875 bits per heavy atom. The van der Waals surface area contributed by atoms with Crippen molar-refractivity contribution in [2.75, 3.05) is 0 Å². The van der Waals surface area contributed by atoms with E-state index in [1.165, 1.54) is 0 Å². The highest BCUT2D eigenvalue weighted by Gasteiger charge is 2.06. The van der Waals surface area contributed by atoms with Gasteiger partial charge in [0.2, 0.25) is 0 Å². The summed E-state index contributed by atoms with van der Waals surface area (Å²) in [5.74, 6) is -0.00866. The zero-order valence-corrected chi connectivity index (χ0v) is 18.8. The second-order valence-corrected chi connectivity index (χ2v) is 8.28. The zero-order valence-electron chi connectivity index (χ0n) is 17.3. The first-order valence-electron chi connectivity index (χ1n) is 10.3. The van der Waals surface area contributed by atoms with Gasteiger partial charge in [-0.2, -0.15) is 0 Å². The zero-order chi connectivity index (χ0) is 22.3. The van der Waals surface area contributed by atoms with Crippen molar-refractivity contribution in [3.05, 3.63) is 123 Å². The van der Waals surface area contributed by atoms with Crippen LogP contribution in [0.4, 0.5) is 0 Å². The Labute approximate surface area is 197 Å². The van der Waals surface area contributed by atoms with Gasteiger partial charge in [0.25, 0.3) is 0 Å². The summed E-state index contributed by atoms with van der Waals surface area (Å²) >= 11 is 12.0. The minimum atomic E-state index is -0.00866. The van der Waals surface area contributed by atoms with Crippen LogP contribution in [-0.4, -0.2) is 20.8 Å². The van der Waals surface area contributed by atoms with Crippen LogP contribution in [-0.2, 0) is 19.4 Å². The summed E-state index contributed by atoms with van der Waals surface area (Å²) < 4.78 is 1.79. The molecule has 0 N–H and O–H groups in total. The molecule has 0 spiro atoms. The van der Waals surface area contributed by atoms with Crippen LogP contribution in [0, 0.1) is 0 Å². The number of rotatable bonds is 8. The minimum Gasteiger partial charge on any atom is -0.289 e. The van der Waals surface area contributed by atoms with Gasteiger partial charge in [-0.1, -0.05) is 95.2 Å². The Hall–Kier alpha value is -3.21. The normalized spacial score (nSPS) is 11.2. The highest BCUT2D eigenvalue weighted by Crippen LogP contribution is 2.23. The molecule has 0 saturated heterocycles. The molecule has 0 atom stereocenters. The number of aromatic nitrogens is 3. The molecular formula is C26H21Cl2N3O. The topological polar surface area (TPSA) is 47.8 Å². The van der Waals surface area contributed by atoms with E-state index in [0.29, 0.717) is 22.2 Å². The molecule has 3 aromatic carbocycles. The van der Waals surface area contributed by atoms with E-state index in [9.17, 15) is 4.79 Å². The molecule has 1 aromatic heterocycles. The highest BCUT2D eigenvalue weighted by atomic mass is 35.5. The first-order chi connectivity index (χ1) is 15.6. The van der Waals surface area contributed by atoms with E-state index >= 15 is 0 Å². The molecule has 32 heavy (non-hydrogen) atoms. The van der Waals surface area contributed by atoms with Crippen molar-refractivity contribution in [1.82, 2.24) is 15.0 Å². The van der Waals surface area contributed by atoms with E-state index in [-0.39, 0.29) is 5.78 Å². The predicted octanol–water partition coefficient (Wildman–Crippen LogP) is 6.31. The maximum absolute atomic E-state index is 12.4. The number of ketones is 1. The molecule has 160 valence electrons. The van der Waals surface area contributed by atoms with Crippen LogP contribution in [0.5, 0.6) is 0 Å². The molecule has 6 heteroatoms. The largest absolute Gasteiger partial charge is 0.289 e. The van der Waals surface area contributed by atoms with Gasteiger partial charge in [0.1, 0.15) is 0 Å². The number of nitrogens with zero attached hydrogens (tertiary/aromatic N) is 3. The first-order valence-corrected chi connectivity index (χ1v) is 11.0. The predicted molar refractivity (Wildman–Crippen MR) is 129 cm³/mol. The minimum absolute atomic E-state index is 0.00866. The van der Waals surface area contributed by atoms with Crippen LogP contribution in [0.2, 0.25) is 10.0 Å². The molecule has 0 fully saturated rings. The molecule has 0 radical (unpaired) electrons. The van der Waals surface area contributed by atoms with Crippen molar-refractivity contribution in [2.45, 2.75) is 19.4 Å². The van der Waals surface area contributed by atoms with Crippen molar-refractivity contribution in [3.63, 3.8) is 0 Å². The molecule has 4 aromatic rings. The standard InChI is InChI=1S/C26H21Cl2N3O/c27-24-14-9-21(16-25(24)28)17-31-18-23(29-30-31)13-8-20-6-11-22(12-7-20)26(32)15-10-19-4-2-1-3-5-19/h1-7,9-12,14-16,18H,8,13,17H2/b15-10+. The number of allylic oxidation sites excluding steroid dienone is 1. The Bertz CT molecular complexity index is 1230. The molecule has 0 aliphatic rings. The lowest BCUT2D eigenvalue weighted by Gasteiger charge is -2.03. The molecule has 0 saturated carbocycles. The summed E-state index contributed by atoms with van der Waals surface area (Å²) in [5, 5.41) is 9.52. The van der Waals surface area contributed by atoms with Gasteiger partial charge in [-0.05, 0) is 47.7 Å². The van der Waals surface area contributed by atoms with E-state index < -0.39 is 0 Å². The molecule has 4 nitrogen and oxygen atoms in total. The number of hydrogen-bond donors (Lipinski definition) is 0. The van der Waals surface area contributed by atoms with Crippen LogP contribution in [0.25, 0.3) is 6.08 Å². The second kappa shape index (κ2) is 10.4. The number of benzene rings is 3. The molecular weight excluding hydrogens is 441 g/mol. The van der Waals surface area contributed by atoms with Gasteiger partial charge in [0.15, 0.2) is 5.78 Å². The second-order valence-electron chi connectivity index (χ2n) is 7.46. The Morgan fingerprint density at radius 3 is 2.38 bits per heavy atom. The third-order valence-corrected chi connectivity index (χ3v) is 5.79. The van der Waals surface area contributed by atoms with Gasteiger partial charge in [0, 0.05) is 11.8 Å². The average molecular weight is 462 g/mol. The summed E-state index contributed by atoms with van der Waals surface area (Å²) in [7, 11) is 0. The smallest absolute Gasteiger partial charge is 0.185 e. The monoisotopic (exact) mass is 461 g/mol. The van der Waals surface area contributed by atoms with Gasteiger partial charge >= 0.3 is 0 Å². The van der Waals surface area contributed by atoms with Crippen LogP contribution >= 0.6 is 23.2 Å². The fourth-order valence-corrected chi connectivity index (χ4v) is 3.62. The van der Waals surface area contributed by atoms with Gasteiger partial charge in [-0.25, -0.2) is 4.68 Å². The number of carbonyl (C=O) groups excluding carboxylic acids is 1. The summed E-state index contributed by atoms with van der Waals surface area (Å²) in [4.78, 5) is 12.4. The fourth-order valence-electron chi connectivity index (χ4n) is 3.30. The summed E-state index contributed by atoms with van der Waals surface area (Å²) in [6.07, 6.45) is 6.96. The van der Waals surface area contributed by atoms with E-state index in [2.05, 4.69) is 10.3 Å². The van der Waals surface area contributed by atoms with Crippen molar-refractivity contribution >= 4 is 35.1 Å². The number of halogens is 2. The van der Waals surface area contributed by atoms with E-state index in [0.717, 1.165) is 35.2 Å². The summed E-state index contributed by atoms with van der Waals surface area (Å²) in [6, 6.07) is 23.0. The van der Waals surface area contributed by atoms with Crippen LogP contribution in [0.1, 0.15) is 32.7 Å². The molecule has 1 heterocycles. The van der Waals surface area contributed by atoms with Gasteiger partial charge in [-0.3, -0.25) is 4.79 Å². The van der Waals surface area contributed by atoms with E-state index in [1.807, 2.05) is 79.0 Å². The van der Waals surface area contributed by atoms with Gasteiger partial charge < -0.3 is 0 Å². The molecule has 0 unspecified atom stereocenters. The van der Waals surface area contributed by atoms with Gasteiger partial charge in [-0.15, -0.1) is 5.10 Å². The third-order valence-electron chi connectivity index (χ3n) is 5.05.